The van der Waals surface area contributed by atoms with Gasteiger partial charge in [0.2, 0.25) is 5.91 Å². The molecule has 1 rings (SSSR count). The first kappa shape index (κ1) is 14.0. The second kappa shape index (κ2) is 5.50. The van der Waals surface area contributed by atoms with Gasteiger partial charge in [-0.25, -0.2) is 0 Å². The smallest absolute Gasteiger partial charge is 0.236 e. The predicted molar refractivity (Wildman–Crippen MR) is 68.6 cm³/mol. The van der Waals surface area contributed by atoms with Gasteiger partial charge in [0.1, 0.15) is 0 Å². The van der Waals surface area contributed by atoms with Gasteiger partial charge in [-0.1, -0.05) is 35.2 Å². The van der Waals surface area contributed by atoms with E-state index in [1.165, 1.54) is 6.42 Å². The molecule has 0 bridgehead atoms. The Bertz CT molecular complexity index is 242. The molecule has 0 aromatic rings. The maximum absolute atomic E-state index is 11.7. The number of rotatable bonds is 4. The molecule has 94 valence electrons. The molecule has 16 heavy (non-hydrogen) atoms. The SMILES string of the molecule is CC(C)(Br)C(=O)NCC1(CO)CCCCC1. The third kappa shape index (κ3) is 3.74. The van der Waals surface area contributed by atoms with Crippen molar-refractivity contribution in [2.24, 2.45) is 5.41 Å². The Labute approximate surface area is 106 Å². The molecule has 0 aliphatic heterocycles. The summed E-state index contributed by atoms with van der Waals surface area (Å²) in [6, 6.07) is 0. The molecular formula is C12H22BrNO2. The van der Waals surface area contributed by atoms with Gasteiger partial charge < -0.3 is 10.4 Å². The van der Waals surface area contributed by atoms with Crippen LogP contribution in [-0.4, -0.2) is 28.5 Å². The van der Waals surface area contributed by atoms with E-state index in [1.54, 1.807) is 0 Å². The Kier molecular flexibility index (Phi) is 4.80. The molecular weight excluding hydrogens is 270 g/mol. The van der Waals surface area contributed by atoms with E-state index in [9.17, 15) is 9.90 Å². The van der Waals surface area contributed by atoms with E-state index in [1.807, 2.05) is 13.8 Å². The van der Waals surface area contributed by atoms with Crippen molar-refractivity contribution in [3.05, 3.63) is 0 Å². The zero-order valence-corrected chi connectivity index (χ0v) is 11.8. The van der Waals surface area contributed by atoms with Gasteiger partial charge in [0, 0.05) is 12.0 Å². The van der Waals surface area contributed by atoms with Crippen LogP contribution in [0.3, 0.4) is 0 Å². The van der Waals surface area contributed by atoms with Gasteiger partial charge in [-0.15, -0.1) is 0 Å². The van der Waals surface area contributed by atoms with Gasteiger partial charge in [0.05, 0.1) is 10.9 Å². The van der Waals surface area contributed by atoms with E-state index in [0.717, 1.165) is 25.7 Å². The normalized spacial score (nSPS) is 20.5. The average Bonchev–Trinajstić information content (AvgIpc) is 2.26. The molecule has 4 heteroatoms. The van der Waals surface area contributed by atoms with Gasteiger partial charge in [0.25, 0.3) is 0 Å². The predicted octanol–water partition coefficient (Wildman–Crippen LogP) is 2.22. The summed E-state index contributed by atoms with van der Waals surface area (Å²) in [6.45, 7) is 4.43. The number of nitrogens with one attached hydrogen (secondary N) is 1. The number of hydrogen-bond acceptors (Lipinski definition) is 2. The molecule has 1 aliphatic rings. The zero-order chi connectivity index (χ0) is 12.2. The first-order valence-electron chi connectivity index (χ1n) is 5.98. The van der Waals surface area contributed by atoms with Gasteiger partial charge in [-0.3, -0.25) is 4.79 Å². The van der Waals surface area contributed by atoms with Crippen LogP contribution in [0.5, 0.6) is 0 Å². The number of alkyl halides is 1. The highest BCUT2D eigenvalue weighted by molar-refractivity contribution is 9.10. The van der Waals surface area contributed by atoms with Crippen LogP contribution in [0.2, 0.25) is 0 Å². The summed E-state index contributed by atoms with van der Waals surface area (Å²) >= 11 is 3.33. The minimum atomic E-state index is -0.529. The van der Waals surface area contributed by atoms with Crippen molar-refractivity contribution in [2.75, 3.05) is 13.2 Å². The highest BCUT2D eigenvalue weighted by atomic mass is 79.9. The Balaban J connectivity index is 2.48. The van der Waals surface area contributed by atoms with E-state index in [2.05, 4.69) is 21.2 Å². The Hall–Kier alpha value is -0.0900. The molecule has 1 fully saturated rings. The van der Waals surface area contributed by atoms with Crippen molar-refractivity contribution in [3.8, 4) is 0 Å². The van der Waals surface area contributed by atoms with Crippen LogP contribution >= 0.6 is 15.9 Å². The van der Waals surface area contributed by atoms with Crippen molar-refractivity contribution in [1.82, 2.24) is 5.32 Å². The largest absolute Gasteiger partial charge is 0.396 e. The molecule has 0 unspecified atom stereocenters. The highest BCUT2D eigenvalue weighted by Gasteiger charge is 2.33. The van der Waals surface area contributed by atoms with Crippen molar-refractivity contribution >= 4 is 21.8 Å². The van der Waals surface area contributed by atoms with Gasteiger partial charge in [-0.05, 0) is 26.7 Å². The summed E-state index contributed by atoms with van der Waals surface area (Å²) in [5.41, 5.74) is -0.0772. The van der Waals surface area contributed by atoms with Gasteiger partial charge in [0.15, 0.2) is 0 Å². The van der Waals surface area contributed by atoms with Crippen LogP contribution in [-0.2, 0) is 4.79 Å². The summed E-state index contributed by atoms with van der Waals surface area (Å²) in [5, 5.41) is 12.4. The molecule has 0 radical (unpaired) electrons. The number of aliphatic hydroxyl groups excluding tert-OH is 1. The molecule has 1 aliphatic carbocycles. The Morgan fingerprint density at radius 3 is 2.38 bits per heavy atom. The Morgan fingerprint density at radius 1 is 1.38 bits per heavy atom. The monoisotopic (exact) mass is 291 g/mol. The standard InChI is InChI=1S/C12H22BrNO2/c1-11(2,13)10(16)14-8-12(9-15)6-4-3-5-7-12/h15H,3-9H2,1-2H3,(H,14,16). The van der Waals surface area contributed by atoms with E-state index in [-0.39, 0.29) is 17.9 Å². The lowest BCUT2D eigenvalue weighted by Crippen LogP contribution is -2.46. The maximum Gasteiger partial charge on any atom is 0.236 e. The van der Waals surface area contributed by atoms with E-state index in [0.29, 0.717) is 6.54 Å². The van der Waals surface area contributed by atoms with Crippen molar-refractivity contribution in [2.45, 2.75) is 50.3 Å². The van der Waals surface area contributed by atoms with Gasteiger partial charge >= 0.3 is 0 Å². The first-order chi connectivity index (χ1) is 7.40. The van der Waals surface area contributed by atoms with Crippen molar-refractivity contribution in [3.63, 3.8) is 0 Å². The lowest BCUT2D eigenvalue weighted by molar-refractivity contribution is -0.123. The fraction of sp³-hybridized carbons (Fsp3) is 0.917. The maximum atomic E-state index is 11.7. The van der Waals surface area contributed by atoms with Crippen LogP contribution in [0.15, 0.2) is 0 Å². The van der Waals surface area contributed by atoms with Crippen LogP contribution in [0.1, 0.15) is 46.0 Å². The molecule has 1 saturated carbocycles. The number of halogens is 1. The summed E-state index contributed by atoms with van der Waals surface area (Å²) in [6.07, 6.45) is 5.61. The molecule has 0 aromatic carbocycles. The van der Waals surface area contributed by atoms with Gasteiger partial charge in [-0.2, -0.15) is 0 Å². The van der Waals surface area contributed by atoms with Crippen LogP contribution in [0.4, 0.5) is 0 Å². The molecule has 3 nitrogen and oxygen atoms in total. The Morgan fingerprint density at radius 2 is 1.94 bits per heavy atom. The number of carbonyl (C=O) groups excluding carboxylic acids is 1. The van der Waals surface area contributed by atoms with E-state index < -0.39 is 4.32 Å². The quantitative estimate of drug-likeness (QED) is 0.781. The average molecular weight is 292 g/mol. The summed E-state index contributed by atoms with van der Waals surface area (Å²) in [5.74, 6) is -0.00843. The number of amides is 1. The summed E-state index contributed by atoms with van der Waals surface area (Å²) < 4.78 is -0.529. The molecule has 0 spiro atoms. The number of hydrogen-bond donors (Lipinski definition) is 2. The summed E-state index contributed by atoms with van der Waals surface area (Å²) in [7, 11) is 0. The lowest BCUT2D eigenvalue weighted by atomic mass is 9.74. The second-order valence-electron chi connectivity index (χ2n) is 5.37. The zero-order valence-electron chi connectivity index (χ0n) is 10.2. The van der Waals surface area contributed by atoms with E-state index >= 15 is 0 Å². The topological polar surface area (TPSA) is 49.3 Å². The second-order valence-corrected chi connectivity index (χ2v) is 7.36. The van der Waals surface area contributed by atoms with Crippen molar-refractivity contribution in [1.29, 1.82) is 0 Å². The third-order valence-electron chi connectivity index (χ3n) is 3.41. The van der Waals surface area contributed by atoms with Crippen LogP contribution in [0.25, 0.3) is 0 Å². The molecule has 0 aromatic heterocycles. The molecule has 0 atom stereocenters. The van der Waals surface area contributed by atoms with Crippen molar-refractivity contribution < 1.29 is 9.90 Å². The van der Waals surface area contributed by atoms with Crippen LogP contribution < -0.4 is 5.32 Å². The third-order valence-corrected chi connectivity index (χ3v) is 3.77. The lowest BCUT2D eigenvalue weighted by Gasteiger charge is -2.36. The van der Waals surface area contributed by atoms with Crippen LogP contribution in [0, 0.1) is 5.41 Å². The fourth-order valence-corrected chi connectivity index (χ4v) is 2.31. The molecule has 1 amide bonds. The fourth-order valence-electron chi connectivity index (χ4n) is 2.17. The summed E-state index contributed by atoms with van der Waals surface area (Å²) in [4.78, 5) is 11.7. The number of aliphatic hydroxyl groups is 1. The molecule has 2 N–H and O–H groups in total. The molecule has 0 saturated heterocycles. The first-order valence-corrected chi connectivity index (χ1v) is 6.77. The minimum absolute atomic E-state index is 0.00843. The van der Waals surface area contributed by atoms with E-state index in [4.69, 9.17) is 0 Å². The highest BCUT2D eigenvalue weighted by Crippen LogP contribution is 2.35. The number of carbonyl (C=O) groups is 1. The molecule has 0 heterocycles. The minimum Gasteiger partial charge on any atom is -0.396 e.